The number of nitrogens with zero attached hydrogens (tertiary/aromatic N) is 4. The van der Waals surface area contributed by atoms with Gasteiger partial charge < -0.3 is 4.52 Å². The average molecular weight is 304 g/mol. The molecule has 1 atom stereocenters. The Kier molecular flexibility index (Phi) is 5.75. The molecule has 0 N–H and O–H groups in total. The van der Waals surface area contributed by atoms with E-state index in [9.17, 15) is 0 Å². The van der Waals surface area contributed by atoms with Crippen molar-refractivity contribution in [2.24, 2.45) is 7.05 Å². The first kappa shape index (κ1) is 16.7. The second kappa shape index (κ2) is 7.56. The van der Waals surface area contributed by atoms with E-state index in [-0.39, 0.29) is 5.41 Å². The highest BCUT2D eigenvalue weighted by molar-refractivity contribution is 5.47. The molecule has 0 amide bonds. The predicted molar refractivity (Wildman–Crippen MR) is 87.5 cm³/mol. The molecule has 0 aliphatic heterocycles. The summed E-state index contributed by atoms with van der Waals surface area (Å²) in [6.07, 6.45) is 10.1. The summed E-state index contributed by atoms with van der Waals surface area (Å²) in [5.41, 5.74) is 2.19. The molecular weight excluding hydrogens is 276 g/mol. The first-order valence-electron chi connectivity index (χ1n) is 8.42. The third-order valence-corrected chi connectivity index (χ3v) is 4.46. The van der Waals surface area contributed by atoms with E-state index in [0.717, 1.165) is 5.69 Å². The molecular formula is C17H28N4O. The van der Waals surface area contributed by atoms with Gasteiger partial charge in [0.15, 0.2) is 12.0 Å². The minimum atomic E-state index is 0.155. The molecule has 0 spiro atoms. The van der Waals surface area contributed by atoms with Crippen molar-refractivity contribution in [1.82, 2.24) is 19.9 Å². The summed E-state index contributed by atoms with van der Waals surface area (Å²) in [6.45, 7) is 6.86. The van der Waals surface area contributed by atoms with Crippen LogP contribution in [0.1, 0.15) is 71.4 Å². The molecule has 0 fully saturated rings. The summed E-state index contributed by atoms with van der Waals surface area (Å²) in [4.78, 5) is 4.10. The van der Waals surface area contributed by atoms with Crippen LogP contribution >= 0.6 is 0 Å². The molecule has 2 rings (SSSR count). The van der Waals surface area contributed by atoms with Crippen molar-refractivity contribution >= 4 is 0 Å². The second-order valence-corrected chi connectivity index (χ2v) is 6.41. The van der Waals surface area contributed by atoms with Gasteiger partial charge in [-0.15, -0.1) is 0 Å². The largest absolute Gasteiger partial charge is 0.332 e. The van der Waals surface area contributed by atoms with E-state index in [1.807, 2.05) is 11.7 Å². The summed E-state index contributed by atoms with van der Waals surface area (Å²) in [6, 6.07) is 2.11. The minimum Gasteiger partial charge on any atom is -0.332 e. The second-order valence-electron chi connectivity index (χ2n) is 6.41. The highest BCUT2D eigenvalue weighted by atomic mass is 16.5. The highest BCUT2D eigenvalue weighted by Gasteiger charge is 2.29. The van der Waals surface area contributed by atoms with Gasteiger partial charge in [-0.05, 0) is 18.9 Å². The summed E-state index contributed by atoms with van der Waals surface area (Å²) >= 11 is 0. The van der Waals surface area contributed by atoms with Gasteiger partial charge in [-0.2, -0.15) is 10.1 Å². The van der Waals surface area contributed by atoms with Crippen LogP contribution in [-0.4, -0.2) is 19.9 Å². The standard InChI is InChI=1S/C17H28N4O/c1-5-7-8-9-11-17(3,10-6-2)15-12-14(20-21(15)4)16-18-13-19-22-16/h12-13H,5-11H2,1-4H3. The fourth-order valence-electron chi connectivity index (χ4n) is 3.30. The molecule has 0 aromatic carbocycles. The van der Waals surface area contributed by atoms with Crippen LogP contribution in [-0.2, 0) is 12.5 Å². The third kappa shape index (κ3) is 3.76. The molecule has 2 aromatic heterocycles. The van der Waals surface area contributed by atoms with Crippen LogP contribution in [0.4, 0.5) is 0 Å². The van der Waals surface area contributed by atoms with Crippen LogP contribution in [0.2, 0.25) is 0 Å². The van der Waals surface area contributed by atoms with Crippen molar-refractivity contribution in [1.29, 1.82) is 0 Å². The lowest BCUT2D eigenvalue weighted by Crippen LogP contribution is -2.25. The van der Waals surface area contributed by atoms with Crippen LogP contribution < -0.4 is 0 Å². The Morgan fingerprint density at radius 2 is 1.95 bits per heavy atom. The van der Waals surface area contributed by atoms with E-state index >= 15 is 0 Å². The molecule has 2 aromatic rings. The fourth-order valence-corrected chi connectivity index (χ4v) is 3.30. The topological polar surface area (TPSA) is 56.7 Å². The fraction of sp³-hybridized carbons (Fsp3) is 0.706. The number of aryl methyl sites for hydroxylation is 1. The lowest BCUT2D eigenvalue weighted by atomic mass is 9.77. The quantitative estimate of drug-likeness (QED) is 0.640. The van der Waals surface area contributed by atoms with Crippen LogP contribution in [0.15, 0.2) is 16.9 Å². The molecule has 0 saturated carbocycles. The average Bonchev–Trinajstić information content (AvgIpc) is 3.13. The van der Waals surface area contributed by atoms with Gasteiger partial charge in [0, 0.05) is 18.2 Å². The van der Waals surface area contributed by atoms with E-state index in [0.29, 0.717) is 5.89 Å². The zero-order chi connectivity index (χ0) is 16.0. The van der Waals surface area contributed by atoms with Gasteiger partial charge in [-0.25, -0.2) is 0 Å². The molecule has 0 aliphatic rings. The predicted octanol–water partition coefficient (Wildman–Crippen LogP) is 4.50. The zero-order valence-electron chi connectivity index (χ0n) is 14.3. The van der Waals surface area contributed by atoms with Crippen LogP contribution in [0.25, 0.3) is 11.6 Å². The molecule has 1 unspecified atom stereocenters. The van der Waals surface area contributed by atoms with Crippen LogP contribution in [0.5, 0.6) is 0 Å². The Morgan fingerprint density at radius 1 is 1.14 bits per heavy atom. The number of hydrogen-bond acceptors (Lipinski definition) is 4. The first-order chi connectivity index (χ1) is 10.6. The van der Waals surface area contributed by atoms with Crippen molar-refractivity contribution in [3.8, 4) is 11.6 Å². The van der Waals surface area contributed by atoms with Gasteiger partial charge in [-0.3, -0.25) is 4.68 Å². The summed E-state index contributed by atoms with van der Waals surface area (Å²) in [7, 11) is 2.01. The smallest absolute Gasteiger partial charge is 0.278 e. The maximum absolute atomic E-state index is 5.14. The lowest BCUT2D eigenvalue weighted by Gasteiger charge is -2.29. The molecule has 122 valence electrons. The summed E-state index contributed by atoms with van der Waals surface area (Å²) in [5, 5.41) is 8.24. The summed E-state index contributed by atoms with van der Waals surface area (Å²) < 4.78 is 7.12. The van der Waals surface area contributed by atoms with Crippen molar-refractivity contribution in [2.75, 3.05) is 0 Å². The van der Waals surface area contributed by atoms with E-state index in [2.05, 4.69) is 42.1 Å². The van der Waals surface area contributed by atoms with Gasteiger partial charge in [0.05, 0.1) is 0 Å². The third-order valence-electron chi connectivity index (χ3n) is 4.46. The Bertz CT molecular complexity index is 561. The SMILES string of the molecule is CCCCCCC(C)(CCC)c1cc(-c2ncno2)nn1C. The Balaban J connectivity index is 2.20. The van der Waals surface area contributed by atoms with E-state index < -0.39 is 0 Å². The van der Waals surface area contributed by atoms with Crippen molar-refractivity contribution in [2.45, 2.75) is 71.1 Å². The molecule has 2 heterocycles. The molecule has 5 heteroatoms. The van der Waals surface area contributed by atoms with Crippen LogP contribution in [0, 0.1) is 0 Å². The molecule has 0 bridgehead atoms. The Hall–Kier alpha value is -1.65. The monoisotopic (exact) mass is 304 g/mol. The number of hydrogen-bond donors (Lipinski definition) is 0. The zero-order valence-corrected chi connectivity index (χ0v) is 14.3. The van der Waals surface area contributed by atoms with Crippen LogP contribution in [0.3, 0.4) is 0 Å². The molecule has 0 radical (unpaired) electrons. The molecule has 5 nitrogen and oxygen atoms in total. The van der Waals surface area contributed by atoms with Crippen molar-refractivity contribution < 1.29 is 4.52 Å². The highest BCUT2D eigenvalue weighted by Crippen LogP contribution is 2.36. The summed E-state index contributed by atoms with van der Waals surface area (Å²) in [5.74, 6) is 0.492. The maximum atomic E-state index is 5.14. The van der Waals surface area contributed by atoms with E-state index in [4.69, 9.17) is 4.52 Å². The Morgan fingerprint density at radius 3 is 2.59 bits per heavy atom. The minimum absolute atomic E-state index is 0.155. The van der Waals surface area contributed by atoms with Crippen molar-refractivity contribution in [3.63, 3.8) is 0 Å². The van der Waals surface area contributed by atoms with Gasteiger partial charge in [-0.1, -0.05) is 58.0 Å². The molecule has 0 aliphatic carbocycles. The van der Waals surface area contributed by atoms with E-state index in [1.54, 1.807) is 0 Å². The van der Waals surface area contributed by atoms with E-state index in [1.165, 1.54) is 57.0 Å². The normalized spacial score (nSPS) is 14.2. The molecule has 0 saturated heterocycles. The first-order valence-corrected chi connectivity index (χ1v) is 8.42. The molecule has 22 heavy (non-hydrogen) atoms. The van der Waals surface area contributed by atoms with Gasteiger partial charge in [0.2, 0.25) is 0 Å². The maximum Gasteiger partial charge on any atom is 0.278 e. The number of rotatable bonds is 9. The van der Waals surface area contributed by atoms with Gasteiger partial charge >= 0.3 is 0 Å². The van der Waals surface area contributed by atoms with Crippen molar-refractivity contribution in [3.05, 3.63) is 18.1 Å². The van der Waals surface area contributed by atoms with Gasteiger partial charge in [0.25, 0.3) is 5.89 Å². The Labute approximate surface area is 133 Å². The number of aromatic nitrogens is 4. The number of unbranched alkanes of at least 4 members (excludes halogenated alkanes) is 3. The lowest BCUT2D eigenvalue weighted by molar-refractivity contribution is 0.353. The van der Waals surface area contributed by atoms with Gasteiger partial charge in [0.1, 0.15) is 0 Å².